The van der Waals surface area contributed by atoms with Gasteiger partial charge in [-0.15, -0.1) is 11.3 Å². The Kier molecular flexibility index (Phi) is 8.41. The molecule has 2 N–H and O–H groups in total. The maximum atomic E-state index is 12.7. The molecule has 0 aliphatic carbocycles. The Balaban J connectivity index is 2.25. The number of rotatable bonds is 8. The number of thioether (sulfide) groups is 1. The van der Waals surface area contributed by atoms with E-state index in [1.54, 1.807) is 38.1 Å². The molecule has 2 rings (SSSR count). The number of ether oxygens (including phenoxy) is 1. The summed E-state index contributed by atoms with van der Waals surface area (Å²) in [6, 6.07) is 8.94. The number of benzene rings is 1. The van der Waals surface area contributed by atoms with Crippen LogP contribution in [0.15, 0.2) is 30.3 Å². The standard InChI is InChI=1S/C20H22N2O5S2/c1-4-27-20(26)16-12(2)17(18(25)21-14-8-6-5-7-9-14)29-19(16)22-15(24)10-11-28-13(3)23/h5-9H,4,10-11H2,1-3H3,(H,21,25)(H,22,24). The van der Waals surface area contributed by atoms with Crippen LogP contribution in [-0.2, 0) is 14.3 Å². The van der Waals surface area contributed by atoms with E-state index in [0.29, 0.717) is 21.9 Å². The number of para-hydroxylation sites is 1. The molecule has 29 heavy (non-hydrogen) atoms. The minimum Gasteiger partial charge on any atom is -0.462 e. The van der Waals surface area contributed by atoms with Gasteiger partial charge in [0.2, 0.25) is 5.91 Å². The number of amides is 2. The van der Waals surface area contributed by atoms with Crippen molar-refractivity contribution in [3.63, 3.8) is 0 Å². The minimum atomic E-state index is -0.603. The summed E-state index contributed by atoms with van der Waals surface area (Å²) in [4.78, 5) is 48.7. The van der Waals surface area contributed by atoms with Crippen molar-refractivity contribution in [2.45, 2.75) is 27.2 Å². The molecule has 0 spiro atoms. The van der Waals surface area contributed by atoms with Gasteiger partial charge in [-0.05, 0) is 31.5 Å². The van der Waals surface area contributed by atoms with Crippen molar-refractivity contribution < 1.29 is 23.9 Å². The minimum absolute atomic E-state index is 0.0724. The highest BCUT2D eigenvalue weighted by Crippen LogP contribution is 2.34. The van der Waals surface area contributed by atoms with Crippen LogP contribution >= 0.6 is 23.1 Å². The monoisotopic (exact) mass is 434 g/mol. The van der Waals surface area contributed by atoms with Gasteiger partial charge in [0.1, 0.15) is 5.00 Å². The maximum absolute atomic E-state index is 12.7. The number of hydrogen-bond donors (Lipinski definition) is 2. The summed E-state index contributed by atoms with van der Waals surface area (Å²) >= 11 is 2.07. The van der Waals surface area contributed by atoms with Crippen LogP contribution in [0, 0.1) is 6.92 Å². The topological polar surface area (TPSA) is 102 Å². The number of esters is 1. The lowest BCUT2D eigenvalue weighted by molar-refractivity contribution is -0.115. The van der Waals surface area contributed by atoms with E-state index >= 15 is 0 Å². The summed E-state index contributed by atoms with van der Waals surface area (Å²) in [6.45, 7) is 4.92. The Morgan fingerprint density at radius 2 is 1.79 bits per heavy atom. The molecule has 2 amide bonds. The summed E-state index contributed by atoms with van der Waals surface area (Å²) in [7, 11) is 0. The van der Waals surface area contributed by atoms with Gasteiger partial charge in [0.15, 0.2) is 5.12 Å². The SMILES string of the molecule is CCOC(=O)c1c(NC(=O)CCSC(C)=O)sc(C(=O)Nc2ccccc2)c1C. The molecule has 0 aliphatic rings. The molecular weight excluding hydrogens is 412 g/mol. The zero-order valence-corrected chi connectivity index (χ0v) is 18.0. The lowest BCUT2D eigenvalue weighted by Gasteiger charge is -2.07. The fourth-order valence-electron chi connectivity index (χ4n) is 2.45. The average molecular weight is 435 g/mol. The van der Waals surface area contributed by atoms with E-state index in [4.69, 9.17) is 4.74 Å². The number of nitrogens with one attached hydrogen (secondary N) is 2. The molecule has 0 unspecified atom stereocenters. The number of carbonyl (C=O) groups excluding carboxylic acids is 4. The van der Waals surface area contributed by atoms with Crippen LogP contribution < -0.4 is 10.6 Å². The van der Waals surface area contributed by atoms with Crippen LogP contribution in [-0.4, -0.2) is 35.3 Å². The third-order valence-corrected chi connectivity index (χ3v) is 5.77. The third-order valence-electron chi connectivity index (χ3n) is 3.75. The molecule has 0 aliphatic heterocycles. The predicted octanol–water partition coefficient (Wildman–Crippen LogP) is 4.09. The summed E-state index contributed by atoms with van der Waals surface area (Å²) in [5.41, 5.74) is 1.23. The highest BCUT2D eigenvalue weighted by Gasteiger charge is 2.26. The molecule has 7 nitrogen and oxygen atoms in total. The zero-order valence-electron chi connectivity index (χ0n) is 16.4. The molecule has 0 radical (unpaired) electrons. The fourth-order valence-corrected chi connectivity index (χ4v) is 4.13. The largest absolute Gasteiger partial charge is 0.462 e. The second-order valence-electron chi connectivity index (χ2n) is 5.94. The van der Waals surface area contributed by atoms with E-state index in [0.717, 1.165) is 23.1 Å². The summed E-state index contributed by atoms with van der Waals surface area (Å²) < 4.78 is 5.09. The molecule has 0 saturated carbocycles. The molecule has 2 aromatic rings. The highest BCUT2D eigenvalue weighted by atomic mass is 32.2. The molecule has 9 heteroatoms. The quantitative estimate of drug-likeness (QED) is 0.607. The summed E-state index contributed by atoms with van der Waals surface area (Å²) in [5.74, 6) is -0.993. The summed E-state index contributed by atoms with van der Waals surface area (Å²) in [5, 5.41) is 5.64. The van der Waals surface area contributed by atoms with Crippen LogP contribution in [0.2, 0.25) is 0 Å². The van der Waals surface area contributed by atoms with Crippen LogP contribution in [0.5, 0.6) is 0 Å². The first-order valence-electron chi connectivity index (χ1n) is 8.93. The van der Waals surface area contributed by atoms with E-state index < -0.39 is 5.97 Å². The lowest BCUT2D eigenvalue weighted by Crippen LogP contribution is -2.15. The molecule has 0 bridgehead atoms. The van der Waals surface area contributed by atoms with Crippen LogP contribution in [0.3, 0.4) is 0 Å². The van der Waals surface area contributed by atoms with E-state index in [9.17, 15) is 19.2 Å². The van der Waals surface area contributed by atoms with Gasteiger partial charge < -0.3 is 15.4 Å². The Bertz CT molecular complexity index is 909. The van der Waals surface area contributed by atoms with Crippen molar-refractivity contribution >= 4 is 56.7 Å². The van der Waals surface area contributed by atoms with Crippen LogP contribution in [0.4, 0.5) is 10.7 Å². The number of anilines is 2. The van der Waals surface area contributed by atoms with Gasteiger partial charge in [-0.1, -0.05) is 30.0 Å². The molecule has 0 saturated heterocycles. The first-order chi connectivity index (χ1) is 13.8. The van der Waals surface area contributed by atoms with E-state index in [1.807, 2.05) is 6.07 Å². The molecule has 0 atom stereocenters. The van der Waals surface area contributed by atoms with Crippen LogP contribution in [0.25, 0.3) is 0 Å². The highest BCUT2D eigenvalue weighted by molar-refractivity contribution is 8.13. The van der Waals surface area contributed by atoms with Crippen molar-refractivity contribution in [2.75, 3.05) is 23.0 Å². The van der Waals surface area contributed by atoms with E-state index in [-0.39, 0.29) is 40.5 Å². The fraction of sp³-hybridized carbons (Fsp3) is 0.300. The van der Waals surface area contributed by atoms with Gasteiger partial charge >= 0.3 is 5.97 Å². The van der Waals surface area contributed by atoms with E-state index in [2.05, 4.69) is 10.6 Å². The van der Waals surface area contributed by atoms with Crippen LogP contribution in [0.1, 0.15) is 45.9 Å². The average Bonchev–Trinajstić information content (AvgIpc) is 2.98. The lowest BCUT2D eigenvalue weighted by atomic mass is 10.1. The maximum Gasteiger partial charge on any atom is 0.341 e. The van der Waals surface area contributed by atoms with Gasteiger partial charge in [-0.2, -0.15) is 0 Å². The van der Waals surface area contributed by atoms with Crippen molar-refractivity contribution in [1.82, 2.24) is 0 Å². The second kappa shape index (κ2) is 10.8. The predicted molar refractivity (Wildman–Crippen MR) is 116 cm³/mol. The first kappa shape index (κ1) is 22.6. The number of thiophene rings is 1. The number of carbonyl (C=O) groups is 4. The van der Waals surface area contributed by atoms with Gasteiger partial charge in [0, 0.05) is 24.8 Å². The molecular formula is C20H22N2O5S2. The molecule has 1 aromatic heterocycles. The van der Waals surface area contributed by atoms with Gasteiger partial charge in [0.05, 0.1) is 17.0 Å². The van der Waals surface area contributed by atoms with Gasteiger partial charge in [0.25, 0.3) is 5.91 Å². The number of hydrogen-bond acceptors (Lipinski definition) is 7. The van der Waals surface area contributed by atoms with E-state index in [1.165, 1.54) is 6.92 Å². The van der Waals surface area contributed by atoms with Crippen molar-refractivity contribution in [3.8, 4) is 0 Å². The smallest absolute Gasteiger partial charge is 0.341 e. The van der Waals surface area contributed by atoms with Gasteiger partial charge in [-0.3, -0.25) is 14.4 Å². The summed E-state index contributed by atoms with van der Waals surface area (Å²) in [6.07, 6.45) is 0.106. The Morgan fingerprint density at radius 1 is 1.10 bits per heavy atom. The Labute approximate surface area is 177 Å². The third kappa shape index (κ3) is 6.43. The second-order valence-corrected chi connectivity index (χ2v) is 8.23. The molecule has 0 fully saturated rings. The first-order valence-corrected chi connectivity index (χ1v) is 10.7. The van der Waals surface area contributed by atoms with Crippen molar-refractivity contribution in [1.29, 1.82) is 0 Å². The molecule has 1 heterocycles. The van der Waals surface area contributed by atoms with Crippen molar-refractivity contribution in [3.05, 3.63) is 46.3 Å². The zero-order chi connectivity index (χ0) is 21.4. The molecule has 154 valence electrons. The molecule has 1 aromatic carbocycles. The van der Waals surface area contributed by atoms with Crippen molar-refractivity contribution in [2.24, 2.45) is 0 Å². The van der Waals surface area contributed by atoms with Gasteiger partial charge in [-0.25, -0.2) is 4.79 Å². The Hall–Kier alpha value is -2.65. The normalized spacial score (nSPS) is 10.3. The Morgan fingerprint density at radius 3 is 2.41 bits per heavy atom.